The molecule has 0 aromatic rings. The number of hydrogen-bond acceptors (Lipinski definition) is 5. The molecule has 0 aliphatic heterocycles. The van der Waals surface area contributed by atoms with Crippen molar-refractivity contribution in [2.45, 2.75) is 32.4 Å². The summed E-state index contributed by atoms with van der Waals surface area (Å²) in [6.07, 6.45) is -0.428. The summed E-state index contributed by atoms with van der Waals surface area (Å²) in [7, 11) is 1.14. The number of esters is 1. The van der Waals surface area contributed by atoms with Crippen molar-refractivity contribution in [3.8, 4) is 0 Å². The Balaban J connectivity index is 4.50. The minimum Gasteiger partial charge on any atom is -0.480 e. The van der Waals surface area contributed by atoms with E-state index in [-0.39, 0.29) is 5.92 Å². The summed E-state index contributed by atoms with van der Waals surface area (Å²) >= 11 is 0. The van der Waals surface area contributed by atoms with E-state index in [4.69, 9.17) is 10.8 Å². The van der Waals surface area contributed by atoms with Crippen LogP contribution in [0.4, 0.5) is 0 Å². The van der Waals surface area contributed by atoms with Crippen molar-refractivity contribution in [3.63, 3.8) is 0 Å². The van der Waals surface area contributed by atoms with E-state index in [1.165, 1.54) is 0 Å². The van der Waals surface area contributed by atoms with Gasteiger partial charge in [-0.05, 0) is 5.92 Å². The third-order valence-corrected chi connectivity index (χ3v) is 2.23. The van der Waals surface area contributed by atoms with Gasteiger partial charge in [0.25, 0.3) is 0 Å². The maximum absolute atomic E-state index is 11.5. The van der Waals surface area contributed by atoms with Crippen LogP contribution in [0.2, 0.25) is 0 Å². The van der Waals surface area contributed by atoms with Crippen LogP contribution in [0, 0.1) is 5.92 Å². The van der Waals surface area contributed by atoms with Crippen LogP contribution in [0.1, 0.15) is 20.3 Å². The predicted octanol–water partition coefficient (Wildman–Crippen LogP) is -0.898. The lowest BCUT2D eigenvalue weighted by Crippen LogP contribution is -2.51. The summed E-state index contributed by atoms with van der Waals surface area (Å²) in [5, 5.41) is 11.0. The van der Waals surface area contributed by atoms with Gasteiger partial charge in [0.15, 0.2) is 0 Å². The lowest BCUT2D eigenvalue weighted by Gasteiger charge is -2.19. The van der Waals surface area contributed by atoms with E-state index in [1.807, 2.05) is 0 Å². The number of aliphatic carboxylic acids is 1. The largest absolute Gasteiger partial charge is 0.480 e. The molecule has 0 aliphatic rings. The average Bonchev–Trinajstić information content (AvgIpc) is 2.26. The molecule has 0 bridgehead atoms. The molecule has 0 aromatic heterocycles. The third-order valence-electron chi connectivity index (χ3n) is 2.23. The Kier molecular flexibility index (Phi) is 6.19. The average molecular weight is 246 g/mol. The highest BCUT2D eigenvalue weighted by Gasteiger charge is 2.27. The van der Waals surface area contributed by atoms with Crippen LogP contribution < -0.4 is 11.1 Å². The summed E-state index contributed by atoms with van der Waals surface area (Å²) in [6.45, 7) is 3.47. The van der Waals surface area contributed by atoms with Crippen LogP contribution >= 0.6 is 0 Å². The lowest BCUT2D eigenvalue weighted by atomic mass is 10.0. The number of carbonyl (C=O) groups is 3. The molecule has 1 amide bonds. The van der Waals surface area contributed by atoms with Gasteiger partial charge in [-0.1, -0.05) is 13.8 Å². The van der Waals surface area contributed by atoms with E-state index < -0.39 is 36.4 Å². The molecule has 0 heterocycles. The Bertz CT molecular complexity index is 303. The van der Waals surface area contributed by atoms with E-state index >= 15 is 0 Å². The van der Waals surface area contributed by atoms with E-state index in [0.717, 1.165) is 7.11 Å². The van der Waals surface area contributed by atoms with E-state index in [2.05, 4.69) is 10.1 Å². The molecule has 0 unspecified atom stereocenters. The molecule has 0 saturated heterocycles. The zero-order chi connectivity index (χ0) is 13.6. The fourth-order valence-corrected chi connectivity index (χ4v) is 1.02. The molecule has 7 heteroatoms. The fourth-order valence-electron chi connectivity index (χ4n) is 1.02. The second kappa shape index (κ2) is 6.85. The van der Waals surface area contributed by atoms with Gasteiger partial charge in [-0.3, -0.25) is 9.59 Å². The third kappa shape index (κ3) is 5.30. The first kappa shape index (κ1) is 15.4. The minimum atomic E-state index is -1.32. The van der Waals surface area contributed by atoms with Gasteiger partial charge < -0.3 is 20.9 Å². The monoisotopic (exact) mass is 246 g/mol. The molecule has 98 valence electrons. The molecule has 0 radical (unpaired) electrons. The lowest BCUT2D eigenvalue weighted by molar-refractivity contribution is -0.149. The topological polar surface area (TPSA) is 119 Å². The molecular weight excluding hydrogens is 228 g/mol. The van der Waals surface area contributed by atoms with Gasteiger partial charge in [0.2, 0.25) is 5.91 Å². The molecule has 0 fully saturated rings. The fraction of sp³-hybridized carbons (Fsp3) is 0.700. The van der Waals surface area contributed by atoms with Crippen molar-refractivity contribution in [2.24, 2.45) is 11.7 Å². The second-order valence-electron chi connectivity index (χ2n) is 3.95. The molecule has 0 saturated carbocycles. The number of methoxy groups -OCH3 is 1. The number of hydrogen-bond donors (Lipinski definition) is 3. The molecule has 0 aromatic carbocycles. The van der Waals surface area contributed by atoms with Crippen LogP contribution in [0.5, 0.6) is 0 Å². The van der Waals surface area contributed by atoms with Gasteiger partial charge in [-0.15, -0.1) is 0 Å². The number of nitrogens with two attached hydrogens (primary N) is 1. The molecule has 7 nitrogen and oxygen atoms in total. The van der Waals surface area contributed by atoms with E-state index in [0.29, 0.717) is 0 Å². The summed E-state index contributed by atoms with van der Waals surface area (Å²) in [6, 6.07) is -2.13. The number of amides is 1. The molecule has 0 spiro atoms. The van der Waals surface area contributed by atoms with Gasteiger partial charge in [0.05, 0.1) is 19.6 Å². The van der Waals surface area contributed by atoms with Crippen molar-refractivity contribution < 1.29 is 24.2 Å². The maximum atomic E-state index is 11.5. The molecule has 2 atom stereocenters. The first-order valence-corrected chi connectivity index (χ1v) is 5.15. The summed E-state index contributed by atoms with van der Waals surface area (Å²) in [5.74, 6) is -2.74. The zero-order valence-corrected chi connectivity index (χ0v) is 10.1. The normalized spacial score (nSPS) is 13.9. The molecule has 0 aliphatic carbocycles. The highest BCUT2D eigenvalue weighted by Crippen LogP contribution is 2.01. The first-order valence-electron chi connectivity index (χ1n) is 5.15. The quantitative estimate of drug-likeness (QED) is 0.523. The number of carbonyl (C=O) groups excluding carboxylic acids is 2. The van der Waals surface area contributed by atoms with Crippen molar-refractivity contribution in [3.05, 3.63) is 0 Å². The van der Waals surface area contributed by atoms with Crippen LogP contribution in [0.3, 0.4) is 0 Å². The van der Waals surface area contributed by atoms with Crippen LogP contribution in [0.15, 0.2) is 0 Å². The van der Waals surface area contributed by atoms with Gasteiger partial charge in [0, 0.05) is 0 Å². The number of nitrogens with one attached hydrogen (secondary N) is 1. The molecular formula is C10H18N2O5. The second-order valence-corrected chi connectivity index (χ2v) is 3.95. The zero-order valence-electron chi connectivity index (χ0n) is 10.1. The molecule has 17 heavy (non-hydrogen) atoms. The summed E-state index contributed by atoms with van der Waals surface area (Å²) in [4.78, 5) is 33.3. The smallest absolute Gasteiger partial charge is 0.326 e. The van der Waals surface area contributed by atoms with Gasteiger partial charge in [-0.2, -0.15) is 0 Å². The Hall–Kier alpha value is -1.63. The van der Waals surface area contributed by atoms with Crippen molar-refractivity contribution in [1.82, 2.24) is 5.32 Å². The minimum absolute atomic E-state index is 0.123. The van der Waals surface area contributed by atoms with Gasteiger partial charge in [0.1, 0.15) is 6.04 Å². The Morgan fingerprint density at radius 3 is 2.24 bits per heavy atom. The SMILES string of the molecule is COC(=O)C[C@H](NC(=O)[C@H](N)C(C)C)C(=O)O. The van der Waals surface area contributed by atoms with Crippen molar-refractivity contribution >= 4 is 17.8 Å². The maximum Gasteiger partial charge on any atom is 0.326 e. The van der Waals surface area contributed by atoms with Gasteiger partial charge in [-0.25, -0.2) is 4.79 Å². The highest BCUT2D eigenvalue weighted by atomic mass is 16.5. The van der Waals surface area contributed by atoms with E-state index in [9.17, 15) is 14.4 Å². The van der Waals surface area contributed by atoms with Crippen LogP contribution in [-0.2, 0) is 19.1 Å². The Labute approximate surface area is 99.3 Å². The van der Waals surface area contributed by atoms with Gasteiger partial charge >= 0.3 is 11.9 Å². The number of ether oxygens (including phenoxy) is 1. The predicted molar refractivity (Wildman–Crippen MR) is 59.0 cm³/mol. The Morgan fingerprint density at radius 1 is 1.35 bits per heavy atom. The van der Waals surface area contributed by atoms with Crippen molar-refractivity contribution in [2.75, 3.05) is 7.11 Å². The standard InChI is InChI=1S/C10H18N2O5/c1-5(2)8(11)9(14)12-6(10(15)16)4-7(13)17-3/h5-6,8H,4,11H2,1-3H3,(H,12,14)(H,15,16)/t6-,8+/m0/s1. The Morgan fingerprint density at radius 2 is 1.88 bits per heavy atom. The first-order chi connectivity index (χ1) is 7.79. The van der Waals surface area contributed by atoms with Crippen molar-refractivity contribution in [1.29, 1.82) is 0 Å². The molecule has 4 N–H and O–H groups in total. The van der Waals surface area contributed by atoms with E-state index in [1.54, 1.807) is 13.8 Å². The highest BCUT2D eigenvalue weighted by molar-refractivity contribution is 5.89. The van der Waals surface area contributed by atoms with Crippen LogP contribution in [-0.4, -0.2) is 42.1 Å². The van der Waals surface area contributed by atoms with Crippen LogP contribution in [0.25, 0.3) is 0 Å². The summed E-state index contributed by atoms with van der Waals surface area (Å²) < 4.78 is 4.34. The number of carboxylic acids is 1. The number of rotatable bonds is 6. The number of carboxylic acid groups (broad SMARTS) is 1. The molecule has 0 rings (SSSR count). The summed E-state index contributed by atoms with van der Waals surface area (Å²) in [5.41, 5.74) is 5.55.